The Morgan fingerprint density at radius 1 is 1.33 bits per heavy atom. The van der Waals surface area contributed by atoms with Gasteiger partial charge in [-0.15, -0.1) is 10.2 Å². The highest BCUT2D eigenvalue weighted by Gasteiger charge is 2.13. The number of hydrogen-bond acceptors (Lipinski definition) is 4. The van der Waals surface area contributed by atoms with Crippen molar-refractivity contribution in [3.63, 3.8) is 0 Å². The van der Waals surface area contributed by atoms with E-state index in [2.05, 4.69) is 15.5 Å². The number of carbonyl (C=O) groups excluding carboxylic acids is 1. The van der Waals surface area contributed by atoms with Crippen molar-refractivity contribution in [2.24, 2.45) is 7.05 Å². The first-order valence-corrected chi connectivity index (χ1v) is 7.97. The smallest absolute Gasteiger partial charge is 0.230 e. The third-order valence-corrected chi connectivity index (χ3v) is 4.24. The maximum absolute atomic E-state index is 11.8. The van der Waals surface area contributed by atoms with Crippen molar-refractivity contribution in [3.8, 4) is 11.4 Å². The number of thioether (sulfide) groups is 1. The normalized spacial score (nSPS) is 12.1. The minimum atomic E-state index is 0.0265. The SMILES string of the molecule is CC[C@H](C)NC(=O)CSc1nnc(-c2ccccc2)n1C. The summed E-state index contributed by atoms with van der Waals surface area (Å²) < 4.78 is 1.91. The Balaban J connectivity index is 2.00. The van der Waals surface area contributed by atoms with Crippen LogP contribution in [-0.4, -0.2) is 32.5 Å². The van der Waals surface area contributed by atoms with Gasteiger partial charge in [0.25, 0.3) is 0 Å². The van der Waals surface area contributed by atoms with Crippen LogP contribution in [0.4, 0.5) is 0 Å². The standard InChI is InChI=1S/C15H20N4OS/c1-4-11(2)16-13(20)10-21-15-18-17-14(19(15)3)12-8-6-5-7-9-12/h5-9,11H,4,10H2,1-3H3,(H,16,20)/t11-/m0/s1. The molecule has 1 aromatic carbocycles. The molecule has 1 N–H and O–H groups in total. The highest BCUT2D eigenvalue weighted by molar-refractivity contribution is 7.99. The second-order valence-corrected chi connectivity index (χ2v) is 5.84. The van der Waals surface area contributed by atoms with Gasteiger partial charge in [0.15, 0.2) is 11.0 Å². The van der Waals surface area contributed by atoms with Gasteiger partial charge in [0.05, 0.1) is 5.75 Å². The van der Waals surface area contributed by atoms with Crippen LogP contribution in [-0.2, 0) is 11.8 Å². The minimum absolute atomic E-state index is 0.0265. The first-order chi connectivity index (χ1) is 10.1. The van der Waals surface area contributed by atoms with Crippen LogP contribution in [0.1, 0.15) is 20.3 Å². The van der Waals surface area contributed by atoms with E-state index in [1.807, 2.05) is 55.8 Å². The first-order valence-electron chi connectivity index (χ1n) is 6.98. The van der Waals surface area contributed by atoms with E-state index < -0.39 is 0 Å². The number of rotatable bonds is 6. The molecule has 0 aliphatic heterocycles. The number of amides is 1. The molecule has 5 nitrogen and oxygen atoms in total. The Hall–Kier alpha value is -1.82. The Labute approximate surface area is 129 Å². The molecule has 0 bridgehead atoms. The highest BCUT2D eigenvalue weighted by atomic mass is 32.2. The molecular weight excluding hydrogens is 284 g/mol. The lowest BCUT2D eigenvalue weighted by atomic mass is 10.2. The Morgan fingerprint density at radius 2 is 2.05 bits per heavy atom. The second kappa shape index (κ2) is 7.26. The van der Waals surface area contributed by atoms with Gasteiger partial charge in [0.1, 0.15) is 0 Å². The van der Waals surface area contributed by atoms with Gasteiger partial charge < -0.3 is 9.88 Å². The monoisotopic (exact) mass is 304 g/mol. The largest absolute Gasteiger partial charge is 0.353 e. The van der Waals surface area contributed by atoms with Gasteiger partial charge in [0.2, 0.25) is 5.91 Å². The van der Waals surface area contributed by atoms with Crippen LogP contribution < -0.4 is 5.32 Å². The van der Waals surface area contributed by atoms with Crippen LogP contribution in [0.15, 0.2) is 35.5 Å². The lowest BCUT2D eigenvalue weighted by molar-refractivity contribution is -0.119. The van der Waals surface area contributed by atoms with Crippen molar-refractivity contribution in [3.05, 3.63) is 30.3 Å². The van der Waals surface area contributed by atoms with Crippen molar-refractivity contribution >= 4 is 17.7 Å². The predicted octanol–water partition coefficient (Wildman–Crippen LogP) is 2.49. The molecule has 21 heavy (non-hydrogen) atoms. The zero-order valence-electron chi connectivity index (χ0n) is 12.5. The average Bonchev–Trinajstić information content (AvgIpc) is 2.87. The van der Waals surface area contributed by atoms with E-state index in [-0.39, 0.29) is 11.9 Å². The van der Waals surface area contributed by atoms with Gasteiger partial charge >= 0.3 is 0 Å². The molecule has 6 heteroatoms. The van der Waals surface area contributed by atoms with Crippen LogP contribution in [0, 0.1) is 0 Å². The number of aromatic nitrogens is 3. The molecule has 0 aliphatic carbocycles. The molecule has 112 valence electrons. The summed E-state index contributed by atoms with van der Waals surface area (Å²) >= 11 is 1.40. The number of hydrogen-bond donors (Lipinski definition) is 1. The molecule has 1 aromatic heterocycles. The van der Waals surface area contributed by atoms with Crippen molar-refractivity contribution in [1.29, 1.82) is 0 Å². The Bertz CT molecular complexity index is 597. The molecule has 1 amide bonds. The second-order valence-electron chi connectivity index (χ2n) is 4.90. The lowest BCUT2D eigenvalue weighted by Gasteiger charge is -2.10. The van der Waals surface area contributed by atoms with E-state index in [1.165, 1.54) is 11.8 Å². The van der Waals surface area contributed by atoms with Crippen LogP contribution >= 0.6 is 11.8 Å². The molecule has 0 fully saturated rings. The number of carbonyl (C=O) groups is 1. The summed E-state index contributed by atoms with van der Waals surface area (Å²) in [5.74, 6) is 1.18. The zero-order valence-corrected chi connectivity index (χ0v) is 13.4. The molecule has 0 spiro atoms. The number of nitrogens with zero attached hydrogens (tertiary/aromatic N) is 3. The Morgan fingerprint density at radius 3 is 2.71 bits per heavy atom. The average molecular weight is 304 g/mol. The molecule has 2 aromatic rings. The number of benzene rings is 1. The summed E-state index contributed by atoms with van der Waals surface area (Å²) in [6, 6.07) is 10.1. The molecule has 0 radical (unpaired) electrons. The van der Waals surface area contributed by atoms with Crippen LogP contribution in [0.25, 0.3) is 11.4 Å². The zero-order chi connectivity index (χ0) is 15.2. The quantitative estimate of drug-likeness (QED) is 0.833. The molecule has 0 aliphatic rings. The van der Waals surface area contributed by atoms with Gasteiger partial charge in [-0.2, -0.15) is 0 Å². The van der Waals surface area contributed by atoms with Crippen LogP contribution in [0.5, 0.6) is 0 Å². The number of nitrogens with one attached hydrogen (secondary N) is 1. The molecular formula is C15H20N4OS. The highest BCUT2D eigenvalue weighted by Crippen LogP contribution is 2.22. The van der Waals surface area contributed by atoms with Gasteiger partial charge in [0, 0.05) is 18.7 Å². The van der Waals surface area contributed by atoms with E-state index in [4.69, 9.17) is 0 Å². The third-order valence-electron chi connectivity index (χ3n) is 3.22. The molecule has 0 saturated heterocycles. The van der Waals surface area contributed by atoms with Gasteiger partial charge in [-0.25, -0.2) is 0 Å². The van der Waals surface area contributed by atoms with Crippen LogP contribution in [0.2, 0.25) is 0 Å². The third kappa shape index (κ3) is 4.07. The summed E-state index contributed by atoms with van der Waals surface area (Å²) in [7, 11) is 1.91. The minimum Gasteiger partial charge on any atom is -0.353 e. The maximum Gasteiger partial charge on any atom is 0.230 e. The van der Waals surface area contributed by atoms with E-state index in [9.17, 15) is 4.79 Å². The maximum atomic E-state index is 11.8. The fourth-order valence-corrected chi connectivity index (χ4v) is 2.55. The van der Waals surface area contributed by atoms with Crippen molar-refractivity contribution in [2.75, 3.05) is 5.75 Å². The Kier molecular flexibility index (Phi) is 5.38. The summed E-state index contributed by atoms with van der Waals surface area (Å²) in [5.41, 5.74) is 1.02. The van der Waals surface area contributed by atoms with Gasteiger partial charge in [-0.1, -0.05) is 49.0 Å². The molecule has 0 unspecified atom stereocenters. The summed E-state index contributed by atoms with van der Waals surface area (Å²) in [4.78, 5) is 11.8. The summed E-state index contributed by atoms with van der Waals surface area (Å²) in [6.45, 7) is 4.05. The predicted molar refractivity (Wildman–Crippen MR) is 85.1 cm³/mol. The summed E-state index contributed by atoms with van der Waals surface area (Å²) in [6.07, 6.45) is 0.929. The topological polar surface area (TPSA) is 59.8 Å². The van der Waals surface area contributed by atoms with Crippen molar-refractivity contribution in [1.82, 2.24) is 20.1 Å². The fourth-order valence-electron chi connectivity index (χ4n) is 1.83. The van der Waals surface area contributed by atoms with Crippen molar-refractivity contribution < 1.29 is 4.79 Å². The summed E-state index contributed by atoms with van der Waals surface area (Å²) in [5, 5.41) is 12.0. The van der Waals surface area contributed by atoms with Gasteiger partial charge in [-0.3, -0.25) is 4.79 Å². The molecule has 1 atom stereocenters. The van der Waals surface area contributed by atoms with E-state index in [1.54, 1.807) is 0 Å². The van der Waals surface area contributed by atoms with E-state index in [0.29, 0.717) is 5.75 Å². The first kappa shape index (κ1) is 15.6. The van der Waals surface area contributed by atoms with Crippen LogP contribution in [0.3, 0.4) is 0 Å². The molecule has 0 saturated carbocycles. The van der Waals surface area contributed by atoms with Gasteiger partial charge in [-0.05, 0) is 13.3 Å². The lowest BCUT2D eigenvalue weighted by Crippen LogP contribution is -2.33. The van der Waals surface area contributed by atoms with E-state index >= 15 is 0 Å². The molecule has 2 rings (SSSR count). The van der Waals surface area contributed by atoms with E-state index in [0.717, 1.165) is 23.0 Å². The molecule has 1 heterocycles. The van der Waals surface area contributed by atoms with Crippen molar-refractivity contribution in [2.45, 2.75) is 31.5 Å². The fraction of sp³-hybridized carbons (Fsp3) is 0.400.